The summed E-state index contributed by atoms with van der Waals surface area (Å²) < 4.78 is 5.02. The molecule has 1 aliphatic rings. The van der Waals surface area contributed by atoms with Crippen LogP contribution in [0.15, 0.2) is 0 Å². The fourth-order valence-electron chi connectivity index (χ4n) is 2.32. The Morgan fingerprint density at radius 1 is 1.47 bits per heavy atom. The van der Waals surface area contributed by atoms with Crippen molar-refractivity contribution in [3.05, 3.63) is 0 Å². The van der Waals surface area contributed by atoms with Crippen molar-refractivity contribution < 1.29 is 9.53 Å². The highest BCUT2D eigenvalue weighted by Gasteiger charge is 2.13. The number of rotatable bonds is 7. The van der Waals surface area contributed by atoms with Gasteiger partial charge in [0.05, 0.1) is 0 Å². The molecule has 1 rings (SSSR count). The zero-order chi connectivity index (χ0) is 12.5. The Hall–Kier alpha value is -0.610. The van der Waals surface area contributed by atoms with E-state index in [1.165, 1.54) is 12.8 Å². The van der Waals surface area contributed by atoms with Gasteiger partial charge in [0.1, 0.15) is 0 Å². The second-order valence-corrected chi connectivity index (χ2v) is 5.10. The molecule has 0 spiro atoms. The van der Waals surface area contributed by atoms with Gasteiger partial charge >= 0.3 is 0 Å². The van der Waals surface area contributed by atoms with Crippen LogP contribution in [0, 0.1) is 11.8 Å². The van der Waals surface area contributed by atoms with Crippen LogP contribution in [0.25, 0.3) is 0 Å². The molecule has 1 amide bonds. The number of amides is 1. The number of hydrogen-bond donors (Lipinski definition) is 2. The van der Waals surface area contributed by atoms with Crippen LogP contribution in [0.2, 0.25) is 0 Å². The highest BCUT2D eigenvalue weighted by molar-refractivity contribution is 5.76. The molecule has 4 nitrogen and oxygen atoms in total. The van der Waals surface area contributed by atoms with E-state index in [4.69, 9.17) is 4.74 Å². The Morgan fingerprint density at radius 2 is 2.18 bits per heavy atom. The van der Waals surface area contributed by atoms with Crippen LogP contribution in [0.3, 0.4) is 0 Å². The lowest BCUT2D eigenvalue weighted by atomic mass is 9.95. The van der Waals surface area contributed by atoms with Gasteiger partial charge in [-0.1, -0.05) is 6.92 Å². The van der Waals surface area contributed by atoms with Crippen molar-refractivity contribution in [1.82, 2.24) is 10.6 Å². The Balaban J connectivity index is 2.03. The van der Waals surface area contributed by atoms with Crippen LogP contribution in [0.1, 0.15) is 32.6 Å². The quantitative estimate of drug-likeness (QED) is 0.704. The molecule has 0 aromatic carbocycles. The van der Waals surface area contributed by atoms with Gasteiger partial charge in [-0.2, -0.15) is 0 Å². The Bertz CT molecular complexity index is 215. The molecule has 4 heteroatoms. The third-order valence-electron chi connectivity index (χ3n) is 3.32. The molecule has 1 saturated heterocycles. The maximum Gasteiger partial charge on any atom is 0.220 e. The Morgan fingerprint density at radius 3 is 2.82 bits per heavy atom. The van der Waals surface area contributed by atoms with Crippen molar-refractivity contribution in [3.8, 4) is 0 Å². The number of nitrogens with one attached hydrogen (secondary N) is 2. The van der Waals surface area contributed by atoms with E-state index in [9.17, 15) is 4.79 Å². The zero-order valence-electron chi connectivity index (χ0n) is 11.1. The first-order chi connectivity index (χ1) is 8.22. The van der Waals surface area contributed by atoms with E-state index < -0.39 is 0 Å². The SMILES string of the molecule is COCC(C)CC(=O)NCCC1CCNCC1. The molecule has 0 saturated carbocycles. The predicted octanol–water partition coefficient (Wildman–Crippen LogP) is 1.16. The van der Waals surface area contributed by atoms with Crippen LogP contribution in [0.4, 0.5) is 0 Å². The molecule has 17 heavy (non-hydrogen) atoms. The molecule has 1 atom stereocenters. The number of ether oxygens (including phenoxy) is 1. The summed E-state index contributed by atoms with van der Waals surface area (Å²) in [7, 11) is 1.67. The first kappa shape index (κ1) is 14.5. The minimum Gasteiger partial charge on any atom is -0.384 e. The molecular formula is C13H26N2O2. The van der Waals surface area contributed by atoms with E-state index in [1.807, 2.05) is 6.92 Å². The van der Waals surface area contributed by atoms with Gasteiger partial charge in [0.15, 0.2) is 0 Å². The average molecular weight is 242 g/mol. The highest BCUT2D eigenvalue weighted by Crippen LogP contribution is 2.14. The summed E-state index contributed by atoms with van der Waals surface area (Å²) in [5.74, 6) is 1.25. The molecule has 100 valence electrons. The van der Waals surface area contributed by atoms with Crippen LogP contribution in [-0.2, 0) is 9.53 Å². The minimum absolute atomic E-state index is 0.156. The summed E-state index contributed by atoms with van der Waals surface area (Å²) in [5.41, 5.74) is 0. The number of carbonyl (C=O) groups excluding carboxylic acids is 1. The van der Waals surface area contributed by atoms with Crippen LogP contribution >= 0.6 is 0 Å². The predicted molar refractivity (Wildman–Crippen MR) is 68.9 cm³/mol. The molecule has 0 aromatic rings. The molecule has 1 fully saturated rings. The fourth-order valence-corrected chi connectivity index (χ4v) is 2.32. The van der Waals surface area contributed by atoms with Gasteiger partial charge in [-0.25, -0.2) is 0 Å². The smallest absolute Gasteiger partial charge is 0.220 e. The molecule has 1 heterocycles. The van der Waals surface area contributed by atoms with Gasteiger partial charge in [0, 0.05) is 26.7 Å². The summed E-state index contributed by atoms with van der Waals surface area (Å²) in [6, 6.07) is 0. The van der Waals surface area contributed by atoms with Crippen LogP contribution in [-0.4, -0.2) is 39.3 Å². The molecule has 1 aliphatic heterocycles. The summed E-state index contributed by atoms with van der Waals surface area (Å²) in [6.07, 6.45) is 4.18. The Labute approximate surface area is 104 Å². The van der Waals surface area contributed by atoms with Gasteiger partial charge in [0.25, 0.3) is 0 Å². The van der Waals surface area contributed by atoms with Crippen molar-refractivity contribution in [2.24, 2.45) is 11.8 Å². The number of carbonyl (C=O) groups is 1. The normalized spacial score (nSPS) is 18.9. The van der Waals surface area contributed by atoms with Gasteiger partial charge in [-0.3, -0.25) is 4.79 Å². The molecular weight excluding hydrogens is 216 g/mol. The lowest BCUT2D eigenvalue weighted by Gasteiger charge is -2.22. The third kappa shape index (κ3) is 6.64. The van der Waals surface area contributed by atoms with Gasteiger partial charge in [0.2, 0.25) is 5.91 Å². The average Bonchev–Trinajstić information content (AvgIpc) is 2.30. The summed E-state index contributed by atoms with van der Waals surface area (Å²) in [6.45, 7) is 5.77. The summed E-state index contributed by atoms with van der Waals surface area (Å²) in [5, 5.41) is 6.36. The van der Waals surface area contributed by atoms with E-state index in [-0.39, 0.29) is 5.91 Å². The van der Waals surface area contributed by atoms with E-state index in [0.717, 1.165) is 32.0 Å². The first-order valence-electron chi connectivity index (χ1n) is 6.68. The fraction of sp³-hybridized carbons (Fsp3) is 0.923. The Kier molecular flexibility index (Phi) is 7.21. The lowest BCUT2D eigenvalue weighted by molar-refractivity contribution is -0.122. The molecule has 0 aliphatic carbocycles. The van der Waals surface area contributed by atoms with Crippen LogP contribution < -0.4 is 10.6 Å². The second kappa shape index (κ2) is 8.48. The van der Waals surface area contributed by atoms with Crippen LogP contribution in [0.5, 0.6) is 0 Å². The largest absolute Gasteiger partial charge is 0.384 e. The number of hydrogen-bond acceptors (Lipinski definition) is 3. The summed E-state index contributed by atoms with van der Waals surface area (Å²) in [4.78, 5) is 11.6. The van der Waals surface area contributed by atoms with E-state index in [1.54, 1.807) is 7.11 Å². The third-order valence-corrected chi connectivity index (χ3v) is 3.32. The van der Waals surface area contributed by atoms with E-state index in [0.29, 0.717) is 18.9 Å². The van der Waals surface area contributed by atoms with Gasteiger partial charge < -0.3 is 15.4 Å². The van der Waals surface area contributed by atoms with Crippen molar-refractivity contribution in [2.45, 2.75) is 32.6 Å². The minimum atomic E-state index is 0.156. The van der Waals surface area contributed by atoms with Gasteiger partial charge in [-0.05, 0) is 44.2 Å². The van der Waals surface area contributed by atoms with Crippen molar-refractivity contribution in [1.29, 1.82) is 0 Å². The zero-order valence-corrected chi connectivity index (χ0v) is 11.1. The lowest BCUT2D eigenvalue weighted by Crippen LogP contribution is -2.32. The highest BCUT2D eigenvalue weighted by atomic mass is 16.5. The molecule has 0 radical (unpaired) electrons. The second-order valence-electron chi connectivity index (χ2n) is 5.10. The summed E-state index contributed by atoms with van der Waals surface area (Å²) >= 11 is 0. The standard InChI is InChI=1S/C13H26N2O2/c1-11(10-17-2)9-13(16)15-8-5-12-3-6-14-7-4-12/h11-12,14H,3-10H2,1-2H3,(H,15,16). The van der Waals surface area contributed by atoms with Gasteiger partial charge in [-0.15, -0.1) is 0 Å². The maximum absolute atomic E-state index is 11.6. The molecule has 2 N–H and O–H groups in total. The van der Waals surface area contributed by atoms with E-state index >= 15 is 0 Å². The maximum atomic E-state index is 11.6. The monoisotopic (exact) mass is 242 g/mol. The van der Waals surface area contributed by atoms with Crippen molar-refractivity contribution in [3.63, 3.8) is 0 Å². The molecule has 0 aromatic heterocycles. The van der Waals surface area contributed by atoms with Crippen molar-refractivity contribution in [2.75, 3.05) is 33.4 Å². The van der Waals surface area contributed by atoms with E-state index in [2.05, 4.69) is 10.6 Å². The number of methoxy groups -OCH3 is 1. The molecule has 1 unspecified atom stereocenters. The molecule has 0 bridgehead atoms. The topological polar surface area (TPSA) is 50.4 Å². The first-order valence-corrected chi connectivity index (χ1v) is 6.68. The number of piperidine rings is 1. The van der Waals surface area contributed by atoms with Crippen molar-refractivity contribution >= 4 is 5.91 Å².